The molecule has 7 nitrogen and oxygen atoms in total. The minimum absolute atomic E-state index is 0.150. The van der Waals surface area contributed by atoms with E-state index in [1.165, 1.54) is 18.5 Å². The fourth-order valence-electron chi connectivity index (χ4n) is 3.51. The first-order chi connectivity index (χ1) is 13.4. The third kappa shape index (κ3) is 3.77. The molecule has 1 aromatic carbocycles. The summed E-state index contributed by atoms with van der Waals surface area (Å²) in [5.41, 5.74) is -0.467. The fraction of sp³-hybridized carbons (Fsp3) is 0.444. The van der Waals surface area contributed by atoms with Crippen molar-refractivity contribution in [3.63, 3.8) is 0 Å². The molecule has 2 aromatic heterocycles. The summed E-state index contributed by atoms with van der Waals surface area (Å²) >= 11 is 0. The number of hydrogen-bond acceptors (Lipinski definition) is 6. The van der Waals surface area contributed by atoms with Gasteiger partial charge in [0.15, 0.2) is 0 Å². The van der Waals surface area contributed by atoms with Crippen LogP contribution in [0.4, 0.5) is 13.2 Å². The highest BCUT2D eigenvalue weighted by atomic mass is 19.4. The Hall–Kier alpha value is -2.75. The van der Waals surface area contributed by atoms with Crippen LogP contribution in [0.1, 0.15) is 49.0 Å². The number of benzene rings is 1. The van der Waals surface area contributed by atoms with Gasteiger partial charge in [-0.25, -0.2) is 4.98 Å². The zero-order valence-electron chi connectivity index (χ0n) is 15.1. The molecule has 0 radical (unpaired) electrons. The van der Waals surface area contributed by atoms with Crippen LogP contribution in [0.15, 0.2) is 35.1 Å². The van der Waals surface area contributed by atoms with E-state index in [0.29, 0.717) is 5.89 Å². The van der Waals surface area contributed by atoms with Gasteiger partial charge in [0.25, 0.3) is 0 Å². The summed E-state index contributed by atoms with van der Waals surface area (Å²) < 4.78 is 44.2. The van der Waals surface area contributed by atoms with E-state index in [1.54, 1.807) is 0 Å². The van der Waals surface area contributed by atoms with Crippen molar-refractivity contribution < 1.29 is 17.7 Å². The van der Waals surface area contributed by atoms with E-state index < -0.39 is 11.7 Å². The number of nitrogens with zero attached hydrogens (tertiary/aromatic N) is 5. The predicted molar refractivity (Wildman–Crippen MR) is 93.1 cm³/mol. The van der Waals surface area contributed by atoms with Gasteiger partial charge in [-0.1, -0.05) is 17.3 Å². The van der Waals surface area contributed by atoms with Gasteiger partial charge < -0.3 is 4.52 Å². The number of nitrogens with one attached hydrogen (secondary N) is 1. The Morgan fingerprint density at radius 2 is 2.18 bits per heavy atom. The maximum Gasteiger partial charge on any atom is 0.416 e. The maximum atomic E-state index is 12.9. The molecule has 10 heteroatoms. The highest BCUT2D eigenvalue weighted by molar-refractivity contribution is 5.55. The molecule has 2 atom stereocenters. The molecule has 2 unspecified atom stereocenters. The van der Waals surface area contributed by atoms with Crippen molar-refractivity contribution in [3.05, 3.63) is 47.9 Å². The third-order valence-electron chi connectivity index (χ3n) is 5.07. The van der Waals surface area contributed by atoms with Crippen LogP contribution in [0.2, 0.25) is 0 Å². The molecule has 3 aromatic rings. The zero-order chi connectivity index (χ0) is 19.7. The van der Waals surface area contributed by atoms with Crippen LogP contribution in [-0.2, 0) is 6.18 Å². The number of aromatic nitrogens is 5. The van der Waals surface area contributed by atoms with Gasteiger partial charge >= 0.3 is 6.18 Å². The van der Waals surface area contributed by atoms with Crippen molar-refractivity contribution >= 4 is 0 Å². The van der Waals surface area contributed by atoms with Crippen LogP contribution in [0, 0.1) is 0 Å². The summed E-state index contributed by atoms with van der Waals surface area (Å²) in [6.07, 6.45) is -0.918. The van der Waals surface area contributed by atoms with Gasteiger partial charge in [-0.3, -0.25) is 10.00 Å². The number of halogens is 3. The monoisotopic (exact) mass is 392 g/mol. The molecule has 0 bridgehead atoms. The lowest BCUT2D eigenvalue weighted by molar-refractivity contribution is -0.137. The van der Waals surface area contributed by atoms with Crippen molar-refractivity contribution in [2.45, 2.75) is 37.9 Å². The Labute approximate surface area is 159 Å². The van der Waals surface area contributed by atoms with Gasteiger partial charge in [-0.05, 0) is 38.4 Å². The van der Waals surface area contributed by atoms with E-state index in [1.807, 2.05) is 6.92 Å². The minimum Gasteiger partial charge on any atom is -0.337 e. The predicted octanol–water partition coefficient (Wildman–Crippen LogP) is 3.81. The molecule has 0 aliphatic carbocycles. The fourth-order valence-corrected chi connectivity index (χ4v) is 3.51. The lowest BCUT2D eigenvalue weighted by Gasteiger charge is -2.34. The molecule has 0 spiro atoms. The number of hydrogen-bond donors (Lipinski definition) is 1. The molecular weight excluding hydrogens is 373 g/mol. The molecule has 0 saturated carbocycles. The van der Waals surface area contributed by atoms with E-state index in [-0.39, 0.29) is 23.3 Å². The molecule has 0 amide bonds. The number of aromatic amines is 1. The second-order valence-corrected chi connectivity index (χ2v) is 6.92. The van der Waals surface area contributed by atoms with Gasteiger partial charge in [0, 0.05) is 18.0 Å². The lowest BCUT2D eigenvalue weighted by Crippen LogP contribution is -2.36. The Kier molecular flexibility index (Phi) is 4.88. The van der Waals surface area contributed by atoms with Gasteiger partial charge in [0.1, 0.15) is 12.2 Å². The number of H-pyrrole nitrogens is 1. The summed E-state index contributed by atoms with van der Waals surface area (Å²) in [5.74, 6) is 1.62. The summed E-state index contributed by atoms with van der Waals surface area (Å²) in [6, 6.07) is 4.77. The number of piperidine rings is 1. The van der Waals surface area contributed by atoms with Crippen LogP contribution < -0.4 is 0 Å². The minimum atomic E-state index is -4.42. The van der Waals surface area contributed by atoms with Crippen molar-refractivity contribution in [3.8, 4) is 11.4 Å². The first kappa shape index (κ1) is 18.6. The number of likely N-dealkylation sites (tertiary alicyclic amines) is 1. The van der Waals surface area contributed by atoms with E-state index in [4.69, 9.17) is 4.52 Å². The summed E-state index contributed by atoms with van der Waals surface area (Å²) in [4.78, 5) is 10.8. The molecule has 1 N–H and O–H groups in total. The zero-order valence-corrected chi connectivity index (χ0v) is 15.1. The molecule has 1 fully saturated rings. The van der Waals surface area contributed by atoms with E-state index >= 15 is 0 Å². The maximum absolute atomic E-state index is 12.9. The van der Waals surface area contributed by atoms with Crippen LogP contribution in [-0.4, -0.2) is 43.3 Å². The summed E-state index contributed by atoms with van der Waals surface area (Å²) in [5, 5.41) is 10.7. The highest BCUT2D eigenvalue weighted by Crippen LogP contribution is 2.33. The standard InChI is InChI=1S/C18H19F3N6O/c1-11(27-7-3-5-13(9-27)15-22-10-23-25-15)17-24-16(26-28-17)12-4-2-6-14(8-12)18(19,20)21/h2,4,6,8,10-11,13H,3,5,7,9H2,1H3,(H,22,23,25). The van der Waals surface area contributed by atoms with Crippen molar-refractivity contribution in [2.24, 2.45) is 0 Å². The Morgan fingerprint density at radius 3 is 2.93 bits per heavy atom. The normalized spacial score (nSPS) is 19.6. The highest BCUT2D eigenvalue weighted by Gasteiger charge is 2.32. The first-order valence-corrected chi connectivity index (χ1v) is 9.02. The van der Waals surface area contributed by atoms with Crippen LogP contribution in [0.5, 0.6) is 0 Å². The Balaban J connectivity index is 1.51. The average molecular weight is 392 g/mol. The van der Waals surface area contributed by atoms with Gasteiger partial charge in [0.2, 0.25) is 11.7 Å². The molecule has 3 heterocycles. The second-order valence-electron chi connectivity index (χ2n) is 6.92. The van der Waals surface area contributed by atoms with Crippen molar-refractivity contribution in [1.29, 1.82) is 0 Å². The van der Waals surface area contributed by atoms with Gasteiger partial charge in [0.05, 0.1) is 11.6 Å². The average Bonchev–Trinajstić information content (AvgIpc) is 3.39. The van der Waals surface area contributed by atoms with Crippen LogP contribution in [0.25, 0.3) is 11.4 Å². The molecule has 1 aliphatic heterocycles. The van der Waals surface area contributed by atoms with Gasteiger partial charge in [-0.2, -0.15) is 23.3 Å². The van der Waals surface area contributed by atoms with E-state index in [0.717, 1.165) is 43.9 Å². The molecule has 1 saturated heterocycles. The topological polar surface area (TPSA) is 83.7 Å². The number of rotatable bonds is 4. The van der Waals surface area contributed by atoms with Gasteiger partial charge in [-0.15, -0.1) is 0 Å². The third-order valence-corrected chi connectivity index (χ3v) is 5.07. The van der Waals surface area contributed by atoms with Crippen LogP contribution >= 0.6 is 0 Å². The number of alkyl halides is 3. The smallest absolute Gasteiger partial charge is 0.337 e. The van der Waals surface area contributed by atoms with Crippen molar-refractivity contribution in [1.82, 2.24) is 30.2 Å². The van der Waals surface area contributed by atoms with Crippen LogP contribution in [0.3, 0.4) is 0 Å². The Morgan fingerprint density at radius 1 is 1.32 bits per heavy atom. The SMILES string of the molecule is CC(c1nc(-c2cccc(C(F)(F)F)c2)no1)N1CCCC(c2ncn[nH]2)C1. The Bertz CT molecular complexity index is 924. The molecule has 28 heavy (non-hydrogen) atoms. The second kappa shape index (κ2) is 7.34. The van der Waals surface area contributed by atoms with E-state index in [9.17, 15) is 13.2 Å². The summed E-state index contributed by atoms with van der Waals surface area (Å²) in [6.45, 7) is 3.58. The molecular formula is C18H19F3N6O. The first-order valence-electron chi connectivity index (χ1n) is 9.02. The molecule has 148 valence electrons. The molecule has 1 aliphatic rings. The van der Waals surface area contributed by atoms with Crippen molar-refractivity contribution in [2.75, 3.05) is 13.1 Å². The molecule has 4 rings (SSSR count). The summed E-state index contributed by atoms with van der Waals surface area (Å²) in [7, 11) is 0. The largest absolute Gasteiger partial charge is 0.416 e. The quantitative estimate of drug-likeness (QED) is 0.727. The van der Waals surface area contributed by atoms with E-state index in [2.05, 4.69) is 30.2 Å². The lowest BCUT2D eigenvalue weighted by atomic mass is 9.96.